The van der Waals surface area contributed by atoms with Crippen LogP contribution in [0.5, 0.6) is 5.75 Å². The summed E-state index contributed by atoms with van der Waals surface area (Å²) in [4.78, 5) is 1.20. The van der Waals surface area contributed by atoms with Gasteiger partial charge in [-0.05, 0) is 49.7 Å². The fourth-order valence-electron chi connectivity index (χ4n) is 3.30. The Morgan fingerprint density at radius 2 is 1.92 bits per heavy atom. The van der Waals surface area contributed by atoms with Gasteiger partial charge in [0.25, 0.3) is 0 Å². The van der Waals surface area contributed by atoms with Crippen LogP contribution in [0.15, 0.2) is 42.5 Å². The normalized spacial score (nSPS) is 14.3. The molecule has 26 heavy (non-hydrogen) atoms. The van der Waals surface area contributed by atoms with Crippen molar-refractivity contribution in [2.45, 2.75) is 25.9 Å². The number of nitrogens with zero attached hydrogens (tertiary/aromatic N) is 1. The van der Waals surface area contributed by atoms with E-state index in [0.29, 0.717) is 6.54 Å². The first-order valence-corrected chi connectivity index (χ1v) is 9.53. The molecule has 0 unspecified atom stereocenters. The molecule has 0 spiro atoms. The average molecular weight is 387 g/mol. The van der Waals surface area contributed by atoms with Crippen LogP contribution in [0.3, 0.4) is 0 Å². The third-order valence-corrected chi connectivity index (χ3v) is 6.59. The molecule has 4 rings (SSSR count). The number of aromatic nitrogens is 1. The van der Waals surface area contributed by atoms with Crippen molar-refractivity contribution in [1.29, 1.82) is 0 Å². The molecular formula is C20H19FN2OS2. The molecule has 0 bridgehead atoms. The Hall–Kier alpha value is -2.18. The maximum Gasteiger partial charge on any atom is 0.124 e. The number of nitrogens with one attached hydrogen (secondary N) is 1. The minimum atomic E-state index is -0.228. The lowest BCUT2D eigenvalue weighted by molar-refractivity contribution is 0.415. The quantitative estimate of drug-likeness (QED) is 0.576. The van der Waals surface area contributed by atoms with Gasteiger partial charge in [-0.25, -0.2) is 4.39 Å². The average Bonchev–Trinajstić information content (AvgIpc) is 2.94. The van der Waals surface area contributed by atoms with Crippen LogP contribution in [-0.2, 0) is 12.1 Å². The van der Waals surface area contributed by atoms with Crippen LogP contribution in [-0.4, -0.2) is 11.1 Å². The summed E-state index contributed by atoms with van der Waals surface area (Å²) < 4.78 is 21.5. The van der Waals surface area contributed by atoms with Crippen molar-refractivity contribution >= 4 is 29.4 Å². The number of ether oxygens (including phenoxy) is 1. The Balaban J connectivity index is 1.86. The van der Waals surface area contributed by atoms with E-state index in [2.05, 4.69) is 23.1 Å². The fourth-order valence-corrected chi connectivity index (χ4v) is 4.94. The van der Waals surface area contributed by atoms with Crippen molar-refractivity contribution in [1.82, 2.24) is 3.96 Å². The predicted molar refractivity (Wildman–Crippen MR) is 107 cm³/mol. The molecule has 1 aromatic heterocycles. The molecule has 0 radical (unpaired) electrons. The first-order chi connectivity index (χ1) is 12.4. The van der Waals surface area contributed by atoms with Gasteiger partial charge in [-0.15, -0.1) is 0 Å². The number of hydrogen-bond acceptors (Lipinski definition) is 4. The number of anilines is 1. The number of fused-ring (bicyclic) bond motifs is 3. The van der Waals surface area contributed by atoms with Crippen molar-refractivity contribution in [3.63, 3.8) is 0 Å². The second-order valence-electron chi connectivity index (χ2n) is 6.93. The number of halogens is 1. The van der Waals surface area contributed by atoms with E-state index in [-0.39, 0.29) is 11.4 Å². The van der Waals surface area contributed by atoms with Gasteiger partial charge >= 0.3 is 0 Å². The molecule has 0 saturated carbocycles. The van der Waals surface area contributed by atoms with Crippen LogP contribution in [0.2, 0.25) is 0 Å². The molecule has 134 valence electrons. The fraction of sp³-hybridized carbons (Fsp3) is 0.250. The summed E-state index contributed by atoms with van der Waals surface area (Å²) in [5.41, 5.74) is 4.02. The van der Waals surface area contributed by atoms with Gasteiger partial charge in [0.15, 0.2) is 0 Å². The van der Waals surface area contributed by atoms with Crippen molar-refractivity contribution in [3.05, 3.63) is 63.4 Å². The predicted octanol–water partition coefficient (Wildman–Crippen LogP) is 5.80. The number of methoxy groups -OCH3 is 1. The van der Waals surface area contributed by atoms with Crippen LogP contribution in [0.25, 0.3) is 11.1 Å². The zero-order chi connectivity index (χ0) is 18.5. The van der Waals surface area contributed by atoms with Gasteiger partial charge in [-0.1, -0.05) is 35.9 Å². The molecule has 0 aliphatic carbocycles. The summed E-state index contributed by atoms with van der Waals surface area (Å²) in [7, 11) is 1.67. The van der Waals surface area contributed by atoms with Gasteiger partial charge in [0.1, 0.15) is 16.2 Å². The highest BCUT2D eigenvalue weighted by atomic mass is 32.1. The molecule has 2 heterocycles. The Morgan fingerprint density at radius 3 is 2.62 bits per heavy atom. The van der Waals surface area contributed by atoms with E-state index in [1.807, 2.05) is 18.2 Å². The van der Waals surface area contributed by atoms with E-state index in [9.17, 15) is 4.39 Å². The van der Waals surface area contributed by atoms with E-state index in [0.717, 1.165) is 32.8 Å². The minimum absolute atomic E-state index is 0.219. The highest BCUT2D eigenvalue weighted by molar-refractivity contribution is 7.71. The van der Waals surface area contributed by atoms with E-state index in [4.69, 9.17) is 17.0 Å². The van der Waals surface area contributed by atoms with Crippen LogP contribution in [0.1, 0.15) is 24.3 Å². The number of hydrogen-bond donors (Lipinski definition) is 1. The molecule has 6 heteroatoms. The topological polar surface area (TPSA) is 26.2 Å². The zero-order valence-electron chi connectivity index (χ0n) is 14.8. The standard InChI is InChI=1S/C20H19FN2OS2/c1-20(2)18-17(15-10-14(24-3)8-9-16(15)22-20)19(25)23(26-18)11-12-4-6-13(21)7-5-12/h4-10,22H,11H2,1-3H3. The molecule has 0 amide bonds. The SMILES string of the molecule is COc1ccc2c(c1)-c1c(sn(Cc3ccc(F)cc3)c1=S)C(C)(C)N2. The van der Waals surface area contributed by atoms with Gasteiger partial charge in [0, 0.05) is 16.8 Å². The summed E-state index contributed by atoms with van der Waals surface area (Å²) in [5, 5.41) is 3.60. The van der Waals surface area contributed by atoms with Crippen molar-refractivity contribution in [2.24, 2.45) is 0 Å². The van der Waals surface area contributed by atoms with E-state index in [1.54, 1.807) is 30.8 Å². The molecule has 0 saturated heterocycles. The number of benzene rings is 2. The summed E-state index contributed by atoms with van der Waals surface area (Å²) in [5.74, 6) is 0.580. The second kappa shape index (κ2) is 6.21. The Kier molecular flexibility index (Phi) is 4.12. The third kappa shape index (κ3) is 2.83. The second-order valence-corrected chi connectivity index (χ2v) is 8.34. The molecule has 0 fully saturated rings. The third-order valence-electron chi connectivity index (χ3n) is 4.62. The maximum atomic E-state index is 13.2. The minimum Gasteiger partial charge on any atom is -0.497 e. The van der Waals surface area contributed by atoms with Crippen molar-refractivity contribution in [2.75, 3.05) is 12.4 Å². The van der Waals surface area contributed by atoms with E-state index < -0.39 is 0 Å². The van der Waals surface area contributed by atoms with Crippen LogP contribution >= 0.6 is 23.8 Å². The van der Waals surface area contributed by atoms with Gasteiger partial charge in [-0.3, -0.25) is 3.96 Å². The Labute approximate surface area is 161 Å². The highest BCUT2D eigenvalue weighted by Gasteiger charge is 2.34. The Morgan fingerprint density at radius 1 is 1.19 bits per heavy atom. The molecule has 1 aliphatic rings. The van der Waals surface area contributed by atoms with Crippen LogP contribution < -0.4 is 10.1 Å². The first-order valence-electron chi connectivity index (χ1n) is 8.34. The largest absolute Gasteiger partial charge is 0.497 e. The molecule has 1 N–H and O–H groups in total. The van der Waals surface area contributed by atoms with E-state index in [1.165, 1.54) is 17.0 Å². The van der Waals surface area contributed by atoms with Gasteiger partial charge in [0.2, 0.25) is 0 Å². The van der Waals surface area contributed by atoms with Crippen LogP contribution in [0, 0.1) is 10.5 Å². The summed E-state index contributed by atoms with van der Waals surface area (Å²) in [6.45, 7) is 4.95. The lowest BCUT2D eigenvalue weighted by atomic mass is 9.90. The molecule has 3 nitrogen and oxygen atoms in total. The summed E-state index contributed by atoms with van der Waals surface area (Å²) in [6, 6.07) is 12.6. The zero-order valence-corrected chi connectivity index (χ0v) is 16.4. The van der Waals surface area contributed by atoms with Crippen molar-refractivity contribution in [3.8, 4) is 16.9 Å². The molecule has 0 atom stereocenters. The molecular weight excluding hydrogens is 367 g/mol. The highest BCUT2D eigenvalue weighted by Crippen LogP contribution is 2.47. The number of rotatable bonds is 3. The monoisotopic (exact) mass is 386 g/mol. The van der Waals surface area contributed by atoms with Gasteiger partial charge in [0.05, 0.1) is 24.1 Å². The molecule has 1 aliphatic heterocycles. The van der Waals surface area contributed by atoms with Crippen LogP contribution in [0.4, 0.5) is 10.1 Å². The smallest absolute Gasteiger partial charge is 0.124 e. The summed E-state index contributed by atoms with van der Waals surface area (Å²) in [6.07, 6.45) is 0. The Bertz CT molecular complexity index is 1030. The van der Waals surface area contributed by atoms with Gasteiger partial charge < -0.3 is 10.1 Å². The van der Waals surface area contributed by atoms with E-state index >= 15 is 0 Å². The van der Waals surface area contributed by atoms with Gasteiger partial charge in [-0.2, -0.15) is 0 Å². The maximum absolute atomic E-state index is 13.2. The lowest BCUT2D eigenvalue weighted by Gasteiger charge is -2.33. The lowest BCUT2D eigenvalue weighted by Crippen LogP contribution is -2.30. The molecule has 3 aromatic rings. The summed E-state index contributed by atoms with van der Waals surface area (Å²) >= 11 is 7.49. The van der Waals surface area contributed by atoms with Crippen molar-refractivity contribution < 1.29 is 9.13 Å². The molecule has 2 aromatic carbocycles. The first kappa shape index (κ1) is 17.2.